The van der Waals surface area contributed by atoms with Crippen LogP contribution in [0.15, 0.2) is 48.0 Å². The average Bonchev–Trinajstić information content (AvgIpc) is 3.16. The molecule has 2 rings (SSSR count). The number of guanidine groups is 1. The third-order valence-corrected chi connectivity index (χ3v) is 3.79. The van der Waals surface area contributed by atoms with Gasteiger partial charge in [0.15, 0.2) is 5.96 Å². The number of rotatable bonds is 8. The number of aliphatic imine (C=N–C) groups is 1. The summed E-state index contributed by atoms with van der Waals surface area (Å²) in [5.41, 5.74) is 1.80. The zero-order chi connectivity index (χ0) is 17.9. The Bertz CT molecular complexity index is 687. The van der Waals surface area contributed by atoms with Gasteiger partial charge in [0.1, 0.15) is 0 Å². The SMILES string of the molecule is CN=C(NCCCn1ccnc1)NCCc1cccc(C(=O)NC)c1.I. The van der Waals surface area contributed by atoms with Crippen LogP contribution in [0, 0.1) is 0 Å². The van der Waals surface area contributed by atoms with Gasteiger partial charge in [-0.15, -0.1) is 24.0 Å². The second-order valence-electron chi connectivity index (χ2n) is 5.61. The lowest BCUT2D eigenvalue weighted by Gasteiger charge is -2.12. The van der Waals surface area contributed by atoms with E-state index in [9.17, 15) is 4.79 Å². The van der Waals surface area contributed by atoms with Crippen molar-refractivity contribution in [2.24, 2.45) is 4.99 Å². The van der Waals surface area contributed by atoms with Gasteiger partial charge in [0.2, 0.25) is 0 Å². The lowest BCUT2D eigenvalue weighted by Crippen LogP contribution is -2.39. The van der Waals surface area contributed by atoms with Gasteiger partial charge < -0.3 is 20.5 Å². The monoisotopic (exact) mass is 470 g/mol. The lowest BCUT2D eigenvalue weighted by atomic mass is 10.1. The van der Waals surface area contributed by atoms with Crippen LogP contribution in [0.25, 0.3) is 0 Å². The van der Waals surface area contributed by atoms with Crippen LogP contribution in [-0.4, -0.2) is 48.6 Å². The molecule has 142 valence electrons. The maximum atomic E-state index is 11.7. The van der Waals surface area contributed by atoms with Crippen molar-refractivity contribution in [1.29, 1.82) is 0 Å². The molecular weight excluding hydrogens is 443 g/mol. The van der Waals surface area contributed by atoms with Crippen LogP contribution in [0.3, 0.4) is 0 Å². The second-order valence-corrected chi connectivity index (χ2v) is 5.61. The Balaban J connectivity index is 0.00000338. The highest BCUT2D eigenvalue weighted by molar-refractivity contribution is 14.0. The zero-order valence-electron chi connectivity index (χ0n) is 15.2. The number of nitrogens with zero attached hydrogens (tertiary/aromatic N) is 3. The van der Waals surface area contributed by atoms with Gasteiger partial charge in [-0.2, -0.15) is 0 Å². The minimum absolute atomic E-state index is 0. The summed E-state index contributed by atoms with van der Waals surface area (Å²) in [6, 6.07) is 7.66. The van der Waals surface area contributed by atoms with Crippen molar-refractivity contribution in [2.45, 2.75) is 19.4 Å². The Kier molecular flexibility index (Phi) is 10.4. The fraction of sp³-hybridized carbons (Fsp3) is 0.389. The fourth-order valence-electron chi connectivity index (χ4n) is 2.45. The van der Waals surface area contributed by atoms with Crippen LogP contribution in [0.1, 0.15) is 22.3 Å². The molecule has 0 spiro atoms. The Labute approximate surface area is 171 Å². The Morgan fingerprint density at radius 3 is 2.77 bits per heavy atom. The number of hydrogen-bond donors (Lipinski definition) is 3. The molecule has 1 aromatic heterocycles. The maximum absolute atomic E-state index is 11.7. The van der Waals surface area contributed by atoms with Crippen LogP contribution >= 0.6 is 24.0 Å². The van der Waals surface area contributed by atoms with Gasteiger partial charge >= 0.3 is 0 Å². The fourth-order valence-corrected chi connectivity index (χ4v) is 2.45. The molecule has 0 aliphatic rings. The molecule has 26 heavy (non-hydrogen) atoms. The first-order valence-corrected chi connectivity index (χ1v) is 8.44. The lowest BCUT2D eigenvalue weighted by molar-refractivity contribution is 0.0963. The Hall–Kier alpha value is -2.10. The van der Waals surface area contributed by atoms with Gasteiger partial charge in [-0.1, -0.05) is 12.1 Å². The third-order valence-electron chi connectivity index (χ3n) is 3.79. The molecule has 0 aliphatic heterocycles. The summed E-state index contributed by atoms with van der Waals surface area (Å²) in [6.45, 7) is 2.51. The number of halogens is 1. The maximum Gasteiger partial charge on any atom is 0.251 e. The van der Waals surface area contributed by atoms with Gasteiger partial charge in [-0.05, 0) is 30.5 Å². The van der Waals surface area contributed by atoms with Crippen molar-refractivity contribution in [3.8, 4) is 0 Å². The summed E-state index contributed by atoms with van der Waals surface area (Å²) in [7, 11) is 3.40. The number of carbonyl (C=O) groups excluding carboxylic acids is 1. The minimum Gasteiger partial charge on any atom is -0.356 e. The summed E-state index contributed by atoms with van der Waals surface area (Å²) in [5.74, 6) is 0.721. The Morgan fingerprint density at radius 2 is 2.08 bits per heavy atom. The van der Waals surface area contributed by atoms with Crippen molar-refractivity contribution in [2.75, 3.05) is 27.2 Å². The average molecular weight is 470 g/mol. The number of nitrogens with one attached hydrogen (secondary N) is 3. The van der Waals surface area contributed by atoms with E-state index in [1.165, 1.54) is 0 Å². The highest BCUT2D eigenvalue weighted by Crippen LogP contribution is 2.05. The quantitative estimate of drug-likeness (QED) is 0.237. The first-order chi connectivity index (χ1) is 12.2. The number of hydrogen-bond acceptors (Lipinski definition) is 3. The number of imidazole rings is 1. The van der Waals surface area contributed by atoms with Gasteiger partial charge in [-0.25, -0.2) is 4.98 Å². The summed E-state index contributed by atoms with van der Waals surface area (Å²) < 4.78 is 2.05. The molecule has 0 bridgehead atoms. The van der Waals surface area contributed by atoms with E-state index in [-0.39, 0.29) is 29.9 Å². The normalized spacial score (nSPS) is 10.8. The van der Waals surface area contributed by atoms with E-state index < -0.39 is 0 Å². The number of amides is 1. The molecule has 7 nitrogen and oxygen atoms in total. The second kappa shape index (κ2) is 12.3. The number of benzene rings is 1. The van der Waals surface area contributed by atoms with Gasteiger partial charge in [0.05, 0.1) is 6.33 Å². The topological polar surface area (TPSA) is 83.3 Å². The summed E-state index contributed by atoms with van der Waals surface area (Å²) in [6.07, 6.45) is 7.37. The molecule has 0 aliphatic carbocycles. The number of aryl methyl sites for hydroxylation is 1. The minimum atomic E-state index is -0.0647. The molecule has 0 saturated carbocycles. The van der Waals surface area contributed by atoms with Crippen LogP contribution in [0.2, 0.25) is 0 Å². The van der Waals surface area contributed by atoms with E-state index in [2.05, 4.69) is 30.5 Å². The molecule has 0 atom stereocenters. The molecule has 0 unspecified atom stereocenters. The van der Waals surface area contributed by atoms with Crippen LogP contribution < -0.4 is 16.0 Å². The van der Waals surface area contributed by atoms with Crippen molar-refractivity contribution in [1.82, 2.24) is 25.5 Å². The molecule has 1 aromatic carbocycles. The molecule has 0 radical (unpaired) electrons. The molecule has 0 saturated heterocycles. The molecule has 1 heterocycles. The van der Waals surface area contributed by atoms with Crippen LogP contribution in [-0.2, 0) is 13.0 Å². The van der Waals surface area contributed by atoms with Crippen LogP contribution in [0.4, 0.5) is 0 Å². The smallest absolute Gasteiger partial charge is 0.251 e. The summed E-state index contributed by atoms with van der Waals surface area (Å²) >= 11 is 0. The van der Waals surface area contributed by atoms with Crippen LogP contribution in [0.5, 0.6) is 0 Å². The first-order valence-electron chi connectivity index (χ1n) is 8.44. The third kappa shape index (κ3) is 7.42. The van der Waals surface area contributed by atoms with Crippen molar-refractivity contribution in [3.63, 3.8) is 0 Å². The van der Waals surface area contributed by atoms with Gasteiger partial charge in [-0.3, -0.25) is 9.79 Å². The number of aromatic nitrogens is 2. The van der Waals surface area contributed by atoms with E-state index in [0.717, 1.165) is 44.0 Å². The largest absolute Gasteiger partial charge is 0.356 e. The van der Waals surface area contributed by atoms with Gasteiger partial charge in [0, 0.05) is 51.7 Å². The summed E-state index contributed by atoms with van der Waals surface area (Å²) in [5, 5.41) is 9.23. The predicted octanol–water partition coefficient (Wildman–Crippen LogP) is 1.66. The molecule has 0 fully saturated rings. The zero-order valence-corrected chi connectivity index (χ0v) is 17.6. The molecule has 8 heteroatoms. The molecule has 2 aromatic rings. The van der Waals surface area contributed by atoms with Gasteiger partial charge in [0.25, 0.3) is 5.91 Å². The van der Waals surface area contributed by atoms with E-state index >= 15 is 0 Å². The van der Waals surface area contributed by atoms with E-state index in [1.807, 2.05) is 36.8 Å². The van der Waals surface area contributed by atoms with Crippen molar-refractivity contribution in [3.05, 3.63) is 54.1 Å². The Morgan fingerprint density at radius 1 is 1.27 bits per heavy atom. The summed E-state index contributed by atoms with van der Waals surface area (Å²) in [4.78, 5) is 19.9. The van der Waals surface area contributed by atoms with Crippen molar-refractivity contribution < 1.29 is 4.79 Å². The predicted molar refractivity (Wildman–Crippen MR) is 115 cm³/mol. The van der Waals surface area contributed by atoms with E-state index in [0.29, 0.717) is 5.56 Å². The molecule has 3 N–H and O–H groups in total. The molecular formula is C18H27IN6O. The van der Waals surface area contributed by atoms with Crippen molar-refractivity contribution >= 4 is 35.8 Å². The highest BCUT2D eigenvalue weighted by Gasteiger charge is 2.04. The van der Waals surface area contributed by atoms with E-state index in [4.69, 9.17) is 0 Å². The standard InChI is InChI=1S/C18H26N6O.HI/c1-19-17(25)16-6-3-5-15(13-16)7-9-23-18(20-2)22-8-4-11-24-12-10-21-14-24;/h3,5-6,10,12-14H,4,7-9,11H2,1-2H3,(H,19,25)(H2,20,22,23);1H. The van der Waals surface area contributed by atoms with E-state index in [1.54, 1.807) is 20.3 Å². The highest BCUT2D eigenvalue weighted by atomic mass is 127. The first kappa shape index (κ1) is 21.9. The number of carbonyl (C=O) groups is 1. The molecule has 1 amide bonds.